The Balaban J connectivity index is 2.41. The number of hydrogen-bond acceptors (Lipinski definition) is 2. The van der Waals surface area contributed by atoms with Crippen molar-refractivity contribution in [1.29, 1.82) is 0 Å². The molecule has 0 fully saturated rings. The molecule has 0 saturated carbocycles. The van der Waals surface area contributed by atoms with Crippen molar-refractivity contribution in [2.75, 3.05) is 13.7 Å². The van der Waals surface area contributed by atoms with E-state index in [9.17, 15) is 5.11 Å². The highest BCUT2D eigenvalue weighted by Gasteiger charge is 2.09. The van der Waals surface area contributed by atoms with Crippen LogP contribution in [0.1, 0.15) is 19.3 Å². The average molecular weight is 142 g/mol. The van der Waals surface area contributed by atoms with Gasteiger partial charge in [0.1, 0.15) is 0 Å². The van der Waals surface area contributed by atoms with E-state index in [-0.39, 0.29) is 6.10 Å². The predicted molar refractivity (Wildman–Crippen MR) is 39.8 cm³/mol. The zero-order valence-electron chi connectivity index (χ0n) is 6.34. The molecule has 10 heavy (non-hydrogen) atoms. The fourth-order valence-corrected chi connectivity index (χ4v) is 1.28. The van der Waals surface area contributed by atoms with Crippen molar-refractivity contribution >= 4 is 0 Å². The van der Waals surface area contributed by atoms with Gasteiger partial charge >= 0.3 is 0 Å². The Bertz CT molecular complexity index is 129. The van der Waals surface area contributed by atoms with Crippen molar-refractivity contribution in [3.63, 3.8) is 0 Å². The molecular formula is C8H14O2. The predicted octanol–water partition coefficient (Wildman–Crippen LogP) is 1.10. The van der Waals surface area contributed by atoms with Crippen LogP contribution in [-0.2, 0) is 4.74 Å². The van der Waals surface area contributed by atoms with E-state index in [1.807, 2.05) is 6.08 Å². The highest BCUT2D eigenvalue weighted by atomic mass is 16.5. The summed E-state index contributed by atoms with van der Waals surface area (Å²) < 4.78 is 4.95. The molecule has 1 atom stereocenters. The summed E-state index contributed by atoms with van der Waals surface area (Å²) in [5.41, 5.74) is 1.24. The number of aliphatic hydroxyl groups excluding tert-OH is 1. The molecule has 1 N–H and O–H groups in total. The SMILES string of the molecule is COCC1=CC(O)CCC1. The van der Waals surface area contributed by atoms with Crippen LogP contribution in [0.5, 0.6) is 0 Å². The quantitative estimate of drug-likeness (QED) is 0.585. The minimum absolute atomic E-state index is 0.223. The lowest BCUT2D eigenvalue weighted by Gasteiger charge is -2.15. The molecule has 0 aromatic carbocycles. The van der Waals surface area contributed by atoms with Crippen LogP contribution < -0.4 is 0 Å². The van der Waals surface area contributed by atoms with Gasteiger partial charge in [-0.25, -0.2) is 0 Å². The first-order chi connectivity index (χ1) is 4.83. The topological polar surface area (TPSA) is 29.5 Å². The smallest absolute Gasteiger partial charge is 0.0724 e. The van der Waals surface area contributed by atoms with Crippen molar-refractivity contribution in [3.8, 4) is 0 Å². The molecule has 1 aliphatic rings. The molecular weight excluding hydrogens is 128 g/mol. The fourth-order valence-electron chi connectivity index (χ4n) is 1.28. The largest absolute Gasteiger partial charge is 0.389 e. The van der Waals surface area contributed by atoms with Crippen LogP contribution in [0.2, 0.25) is 0 Å². The van der Waals surface area contributed by atoms with Crippen LogP contribution in [-0.4, -0.2) is 24.9 Å². The maximum absolute atomic E-state index is 9.17. The van der Waals surface area contributed by atoms with Crippen LogP contribution in [0.15, 0.2) is 11.6 Å². The summed E-state index contributed by atoms with van der Waals surface area (Å²) in [6, 6.07) is 0. The third kappa shape index (κ3) is 2.12. The lowest BCUT2D eigenvalue weighted by Crippen LogP contribution is -2.11. The van der Waals surface area contributed by atoms with E-state index in [4.69, 9.17) is 4.74 Å². The van der Waals surface area contributed by atoms with Crippen molar-refractivity contribution in [1.82, 2.24) is 0 Å². The number of ether oxygens (including phenoxy) is 1. The van der Waals surface area contributed by atoms with Crippen LogP contribution in [0.25, 0.3) is 0 Å². The molecule has 0 saturated heterocycles. The second-order valence-electron chi connectivity index (χ2n) is 2.72. The minimum atomic E-state index is -0.223. The summed E-state index contributed by atoms with van der Waals surface area (Å²) >= 11 is 0. The highest BCUT2D eigenvalue weighted by molar-refractivity contribution is 5.08. The second kappa shape index (κ2) is 3.74. The van der Waals surface area contributed by atoms with Gasteiger partial charge in [0.2, 0.25) is 0 Å². The summed E-state index contributed by atoms with van der Waals surface area (Å²) in [7, 11) is 1.68. The maximum Gasteiger partial charge on any atom is 0.0724 e. The van der Waals surface area contributed by atoms with Gasteiger partial charge in [0.25, 0.3) is 0 Å². The average Bonchev–Trinajstić information content (AvgIpc) is 1.88. The summed E-state index contributed by atoms with van der Waals surface area (Å²) in [5, 5.41) is 9.17. The molecule has 0 amide bonds. The third-order valence-electron chi connectivity index (χ3n) is 1.76. The fraction of sp³-hybridized carbons (Fsp3) is 0.750. The van der Waals surface area contributed by atoms with Gasteiger partial charge in [-0.15, -0.1) is 0 Å². The molecule has 0 spiro atoms. The van der Waals surface area contributed by atoms with Gasteiger partial charge in [-0.3, -0.25) is 0 Å². The van der Waals surface area contributed by atoms with E-state index in [0.29, 0.717) is 6.61 Å². The van der Waals surface area contributed by atoms with Gasteiger partial charge in [-0.05, 0) is 24.8 Å². The van der Waals surface area contributed by atoms with E-state index in [2.05, 4.69) is 0 Å². The molecule has 1 unspecified atom stereocenters. The molecule has 2 heteroatoms. The van der Waals surface area contributed by atoms with Crippen molar-refractivity contribution in [3.05, 3.63) is 11.6 Å². The molecule has 58 valence electrons. The highest BCUT2D eigenvalue weighted by Crippen LogP contribution is 2.17. The van der Waals surface area contributed by atoms with Gasteiger partial charge in [0, 0.05) is 7.11 Å². The maximum atomic E-state index is 9.17. The Hall–Kier alpha value is -0.340. The molecule has 0 heterocycles. The summed E-state index contributed by atoms with van der Waals surface area (Å²) in [4.78, 5) is 0. The van der Waals surface area contributed by atoms with Crippen LogP contribution in [0, 0.1) is 0 Å². The Kier molecular flexibility index (Phi) is 2.90. The van der Waals surface area contributed by atoms with Gasteiger partial charge in [0.05, 0.1) is 12.7 Å². The van der Waals surface area contributed by atoms with E-state index in [1.54, 1.807) is 7.11 Å². The number of rotatable bonds is 2. The summed E-state index contributed by atoms with van der Waals surface area (Å²) in [6.45, 7) is 0.678. The first-order valence-electron chi connectivity index (χ1n) is 3.69. The van der Waals surface area contributed by atoms with E-state index in [0.717, 1.165) is 19.3 Å². The first kappa shape index (κ1) is 7.76. The zero-order valence-corrected chi connectivity index (χ0v) is 6.34. The summed E-state index contributed by atoms with van der Waals surface area (Å²) in [6.07, 6.45) is 4.78. The van der Waals surface area contributed by atoms with Crippen molar-refractivity contribution in [2.45, 2.75) is 25.4 Å². The Morgan fingerprint density at radius 2 is 2.60 bits per heavy atom. The van der Waals surface area contributed by atoms with Crippen LogP contribution in [0.3, 0.4) is 0 Å². The molecule has 1 aliphatic carbocycles. The third-order valence-corrected chi connectivity index (χ3v) is 1.76. The molecule has 0 aromatic heterocycles. The van der Waals surface area contributed by atoms with E-state index in [1.165, 1.54) is 5.57 Å². The Labute approximate surface area is 61.5 Å². The molecule has 2 nitrogen and oxygen atoms in total. The Morgan fingerprint density at radius 3 is 3.20 bits per heavy atom. The molecule has 0 radical (unpaired) electrons. The summed E-state index contributed by atoms with van der Waals surface area (Å²) in [5.74, 6) is 0. The number of hydrogen-bond donors (Lipinski definition) is 1. The van der Waals surface area contributed by atoms with Crippen LogP contribution >= 0.6 is 0 Å². The molecule has 0 aromatic rings. The minimum Gasteiger partial charge on any atom is -0.389 e. The zero-order chi connectivity index (χ0) is 7.40. The van der Waals surface area contributed by atoms with E-state index >= 15 is 0 Å². The monoisotopic (exact) mass is 142 g/mol. The lowest BCUT2D eigenvalue weighted by molar-refractivity contribution is 0.186. The molecule has 1 rings (SSSR count). The molecule has 0 bridgehead atoms. The normalized spacial score (nSPS) is 26.2. The van der Waals surface area contributed by atoms with Crippen molar-refractivity contribution < 1.29 is 9.84 Å². The van der Waals surface area contributed by atoms with Gasteiger partial charge in [-0.1, -0.05) is 6.08 Å². The molecule has 0 aliphatic heterocycles. The van der Waals surface area contributed by atoms with Gasteiger partial charge < -0.3 is 9.84 Å². The van der Waals surface area contributed by atoms with Gasteiger partial charge in [-0.2, -0.15) is 0 Å². The van der Waals surface area contributed by atoms with Gasteiger partial charge in [0.15, 0.2) is 0 Å². The van der Waals surface area contributed by atoms with Crippen LogP contribution in [0.4, 0.5) is 0 Å². The van der Waals surface area contributed by atoms with Crippen molar-refractivity contribution in [2.24, 2.45) is 0 Å². The Morgan fingerprint density at radius 1 is 1.80 bits per heavy atom. The number of methoxy groups -OCH3 is 1. The van der Waals surface area contributed by atoms with E-state index < -0.39 is 0 Å². The first-order valence-corrected chi connectivity index (χ1v) is 3.69. The lowest BCUT2D eigenvalue weighted by atomic mass is 9.98. The number of aliphatic hydroxyl groups is 1. The standard InChI is InChI=1S/C8H14O2/c1-10-6-7-3-2-4-8(9)5-7/h5,8-9H,2-4,6H2,1H3. The second-order valence-corrected chi connectivity index (χ2v) is 2.72.